The highest BCUT2D eigenvalue weighted by atomic mass is 31.2. The summed E-state index contributed by atoms with van der Waals surface area (Å²) < 4.78 is 0. The van der Waals surface area contributed by atoms with Crippen molar-refractivity contribution < 1.29 is 5.11 Å². The third-order valence-corrected chi connectivity index (χ3v) is 15.2. The zero-order chi connectivity index (χ0) is 33.3. The fourth-order valence-electron chi connectivity index (χ4n) is 6.19. The van der Waals surface area contributed by atoms with E-state index in [2.05, 4.69) is 143 Å². The summed E-state index contributed by atoms with van der Waals surface area (Å²) in [6, 6.07) is 68.7. The molecular formula is C43H33N3OP2. The molecule has 7 aromatic carbocycles. The second-order valence-electron chi connectivity index (χ2n) is 11.3. The van der Waals surface area contributed by atoms with Crippen molar-refractivity contribution in [2.24, 2.45) is 15.4 Å². The fourth-order valence-corrected chi connectivity index (χ4v) is 12.9. The summed E-state index contributed by atoms with van der Waals surface area (Å²) in [5.74, 6) is -0.419. The Morgan fingerprint density at radius 2 is 0.816 bits per heavy atom. The van der Waals surface area contributed by atoms with Crippen LogP contribution in [0.1, 0.15) is 5.56 Å². The van der Waals surface area contributed by atoms with Gasteiger partial charge in [-0.05, 0) is 95.3 Å². The minimum Gasteiger partial charge on any atom is -0.857 e. The number of hydrogen-bond donors (Lipinski definition) is 0. The first-order chi connectivity index (χ1) is 24.2. The molecule has 0 saturated carbocycles. The Balaban J connectivity index is 1.23. The predicted molar refractivity (Wildman–Crippen MR) is 207 cm³/mol. The average Bonchev–Trinajstić information content (AvgIpc) is 3.18. The largest absolute Gasteiger partial charge is 0.857 e. The van der Waals surface area contributed by atoms with E-state index in [1.54, 1.807) is 0 Å². The van der Waals surface area contributed by atoms with Gasteiger partial charge in [-0.2, -0.15) is 0 Å². The normalized spacial score (nSPS) is 12.0. The van der Waals surface area contributed by atoms with Gasteiger partial charge in [0.1, 0.15) is 28.5 Å². The Morgan fingerprint density at radius 3 is 1.29 bits per heavy atom. The molecule has 0 aliphatic heterocycles. The molecule has 0 radical (unpaired) electrons. The van der Waals surface area contributed by atoms with Crippen LogP contribution >= 0.6 is 15.2 Å². The van der Waals surface area contributed by atoms with E-state index in [0.717, 1.165) is 15.9 Å². The molecule has 0 amide bonds. The van der Waals surface area contributed by atoms with Crippen molar-refractivity contribution in [1.82, 2.24) is 0 Å². The Morgan fingerprint density at radius 1 is 0.429 bits per heavy atom. The summed E-state index contributed by atoms with van der Waals surface area (Å²) in [5.41, 5.74) is 1.15. The van der Waals surface area contributed by atoms with Gasteiger partial charge in [-0.1, -0.05) is 140 Å². The maximum Gasteiger partial charge on any atom is 0.144 e. The van der Waals surface area contributed by atoms with Crippen LogP contribution in [-0.4, -0.2) is 5.90 Å². The van der Waals surface area contributed by atoms with E-state index in [1.807, 2.05) is 72.8 Å². The van der Waals surface area contributed by atoms with Gasteiger partial charge in [0.25, 0.3) is 0 Å². The van der Waals surface area contributed by atoms with E-state index >= 15 is 0 Å². The van der Waals surface area contributed by atoms with Crippen LogP contribution in [0.25, 0.3) is 0 Å². The smallest absolute Gasteiger partial charge is 0.144 e. The molecule has 0 aromatic heterocycles. The quantitative estimate of drug-likeness (QED) is 0.0392. The van der Waals surface area contributed by atoms with Crippen molar-refractivity contribution in [2.45, 2.75) is 0 Å². The molecule has 0 heterocycles. The summed E-state index contributed by atoms with van der Waals surface area (Å²) in [6.45, 7) is 0. The lowest BCUT2D eigenvalue weighted by Gasteiger charge is -2.27. The molecule has 0 bridgehead atoms. The molecule has 0 saturated heterocycles. The Labute approximate surface area is 289 Å². The molecule has 0 unspecified atom stereocenters. The van der Waals surface area contributed by atoms with Crippen molar-refractivity contribution in [1.29, 1.82) is 0 Å². The Bertz CT molecular complexity index is 2020. The van der Waals surface area contributed by atoms with Gasteiger partial charge in [-0.3, -0.25) is 0 Å². The van der Waals surface area contributed by atoms with E-state index in [-0.39, 0.29) is 0 Å². The highest BCUT2D eigenvalue weighted by Crippen LogP contribution is 2.54. The predicted octanol–water partition coefficient (Wildman–Crippen LogP) is 6.87. The fraction of sp³-hybridized carbons (Fsp3) is 0. The first kappa shape index (κ1) is 32.0. The number of benzene rings is 7. The van der Waals surface area contributed by atoms with Gasteiger partial charge in [-0.15, -0.1) is 10.2 Å². The van der Waals surface area contributed by atoms with Crippen molar-refractivity contribution in [3.63, 3.8) is 0 Å². The first-order valence-corrected chi connectivity index (χ1v) is 19.2. The molecule has 0 N–H and O–H groups in total. The van der Waals surface area contributed by atoms with E-state index in [1.165, 1.54) is 21.2 Å². The van der Waals surface area contributed by atoms with Gasteiger partial charge in [0, 0.05) is 5.90 Å². The maximum absolute atomic E-state index is 13.6. The van der Waals surface area contributed by atoms with Crippen LogP contribution < -0.4 is 42.2 Å². The highest BCUT2D eigenvalue weighted by Gasteiger charge is 2.47. The van der Waals surface area contributed by atoms with Gasteiger partial charge >= 0.3 is 0 Å². The molecule has 0 spiro atoms. The lowest BCUT2D eigenvalue weighted by Crippen LogP contribution is -2.38. The Kier molecular flexibility index (Phi) is 9.90. The topological polar surface area (TPSA) is 60.1 Å². The van der Waals surface area contributed by atoms with Crippen molar-refractivity contribution in [2.75, 3.05) is 0 Å². The van der Waals surface area contributed by atoms with Crippen LogP contribution in [0.3, 0.4) is 0 Å². The molecule has 0 aliphatic rings. The third kappa shape index (κ3) is 6.76. The van der Waals surface area contributed by atoms with Crippen molar-refractivity contribution in [3.05, 3.63) is 206 Å². The standard InChI is InChI=1S/C43H33N3OP2/c47-43(41-28-16-17-29-42(41)48(35-18-6-1-7-19-35)36-20-8-2-9-21-36)45-46-44-34-30-32-40(33-31-34)49(37-22-10-3-11-23-37,38-24-12-4-13-25-38)39-26-14-5-15-27-39/h1-33H/i45+1. The van der Waals surface area contributed by atoms with E-state index in [9.17, 15) is 5.11 Å². The monoisotopic (exact) mass is 670 g/mol. The van der Waals surface area contributed by atoms with Crippen LogP contribution in [0, 0.1) is 0 Å². The highest BCUT2D eigenvalue weighted by molar-refractivity contribution is 8.01. The maximum atomic E-state index is 13.6. The molecule has 0 atom stereocenters. The second-order valence-corrected chi connectivity index (χ2v) is 16.9. The van der Waals surface area contributed by atoms with Gasteiger partial charge in [0.15, 0.2) is 0 Å². The average molecular weight is 671 g/mol. The van der Waals surface area contributed by atoms with Gasteiger partial charge < -0.3 is 5.11 Å². The molecule has 236 valence electrons. The summed E-state index contributed by atoms with van der Waals surface area (Å²) >= 11 is 0. The zero-order valence-corrected chi connectivity index (χ0v) is 28.5. The minimum atomic E-state index is -2.22. The molecule has 7 aromatic rings. The lowest BCUT2D eigenvalue weighted by atomic mass is 10.2. The van der Waals surface area contributed by atoms with E-state index < -0.39 is 21.1 Å². The molecule has 4 nitrogen and oxygen atoms in total. The van der Waals surface area contributed by atoms with Gasteiger partial charge in [0.05, 0.1) is 5.69 Å². The minimum absolute atomic E-state index is 0.419. The SMILES string of the molecule is [O-]/C(=[15N]\N=Nc1ccc([P+](c2ccccc2)(c2ccccc2)c2ccccc2)cc1)c1ccccc1P(c1ccccc1)c1ccccc1. The van der Waals surface area contributed by atoms with Crippen LogP contribution in [0.15, 0.2) is 216 Å². The van der Waals surface area contributed by atoms with Crippen LogP contribution in [0.2, 0.25) is 0 Å². The number of nitrogens with zero attached hydrogens (tertiary/aromatic N) is 3. The molecule has 0 fully saturated rings. The Hall–Kier alpha value is -5.53. The molecular weight excluding hydrogens is 637 g/mol. The summed E-state index contributed by atoms with van der Waals surface area (Å²) in [5, 5.41) is 34.3. The molecule has 49 heavy (non-hydrogen) atoms. The number of rotatable bonds is 10. The summed E-state index contributed by atoms with van der Waals surface area (Å²) in [4.78, 5) is 0. The third-order valence-electron chi connectivity index (χ3n) is 8.37. The van der Waals surface area contributed by atoms with E-state index in [0.29, 0.717) is 11.3 Å². The second kappa shape index (κ2) is 15.1. The van der Waals surface area contributed by atoms with Crippen LogP contribution in [0.4, 0.5) is 5.69 Å². The number of hydrogen-bond acceptors (Lipinski definition) is 3. The zero-order valence-electron chi connectivity index (χ0n) is 26.7. The van der Waals surface area contributed by atoms with Gasteiger partial charge in [-0.25, -0.2) is 0 Å². The van der Waals surface area contributed by atoms with Crippen molar-refractivity contribution >= 4 is 63.9 Å². The van der Waals surface area contributed by atoms with Gasteiger partial charge in [0.2, 0.25) is 0 Å². The molecule has 6 heteroatoms. The summed E-state index contributed by atoms with van der Waals surface area (Å²) in [6.07, 6.45) is 0. The summed E-state index contributed by atoms with van der Waals surface area (Å²) in [7, 11) is -3.20. The first-order valence-electron chi connectivity index (χ1n) is 16.1. The van der Waals surface area contributed by atoms with Crippen LogP contribution in [-0.2, 0) is 0 Å². The van der Waals surface area contributed by atoms with Crippen molar-refractivity contribution in [3.8, 4) is 0 Å². The molecule has 7 rings (SSSR count). The van der Waals surface area contributed by atoms with E-state index in [4.69, 9.17) is 0 Å². The lowest BCUT2D eigenvalue weighted by molar-refractivity contribution is -0.213. The molecule has 0 aliphatic carbocycles. The van der Waals surface area contributed by atoms with Crippen LogP contribution in [0.5, 0.6) is 0 Å².